The van der Waals surface area contributed by atoms with Gasteiger partial charge >= 0.3 is 69.3 Å². The molecule has 1 saturated heterocycles. The van der Waals surface area contributed by atoms with Gasteiger partial charge in [0.15, 0.2) is 6.10 Å². The van der Waals surface area contributed by atoms with Gasteiger partial charge in [0.25, 0.3) is 0 Å². The molecule has 280 valence electrons. The predicted octanol–water partition coefficient (Wildman–Crippen LogP) is 4.04. The molecule has 1 N–H and O–H groups in total. The largest absolute Gasteiger partial charge is 0.465 e. The molecule has 1 aliphatic carbocycles. The summed E-state index contributed by atoms with van der Waals surface area (Å²) in [7, 11) is -6.46. The van der Waals surface area contributed by atoms with E-state index in [4.69, 9.17) is 14.0 Å². The number of carbonyl (C=O) groups excluding carboxylic acids is 3. The van der Waals surface area contributed by atoms with Crippen LogP contribution in [0, 0.1) is 5.41 Å². The molecular formula is C20H16F16O11S. The molecule has 11 nitrogen and oxygen atoms in total. The summed E-state index contributed by atoms with van der Waals surface area (Å²) in [6, 6.07) is 0. The number of hydrogen-bond donors (Lipinski definition) is 1. The summed E-state index contributed by atoms with van der Waals surface area (Å²) in [4.78, 5) is 34.9. The first-order valence-electron chi connectivity index (χ1n) is 12.0. The fourth-order valence-electron chi connectivity index (χ4n) is 3.77. The van der Waals surface area contributed by atoms with Crippen molar-refractivity contribution in [1.29, 1.82) is 0 Å². The van der Waals surface area contributed by atoms with Crippen LogP contribution in [0.1, 0.15) is 19.3 Å². The topological polar surface area (TPSA) is 152 Å². The van der Waals surface area contributed by atoms with E-state index in [0.29, 0.717) is 0 Å². The van der Waals surface area contributed by atoms with Gasteiger partial charge < -0.3 is 23.7 Å². The van der Waals surface area contributed by atoms with Crippen molar-refractivity contribution in [3.63, 3.8) is 0 Å². The Morgan fingerprint density at radius 3 is 1.40 bits per heavy atom. The number of ether oxygens (including phenoxy) is 5. The average Bonchev–Trinajstić information content (AvgIpc) is 3.30. The van der Waals surface area contributed by atoms with Crippen LogP contribution < -0.4 is 0 Å². The van der Waals surface area contributed by atoms with Crippen LogP contribution in [0.4, 0.5) is 70.2 Å². The minimum Gasteiger partial charge on any atom is -0.460 e. The van der Waals surface area contributed by atoms with Crippen molar-refractivity contribution in [2.75, 3.05) is 26.4 Å². The molecule has 1 unspecified atom stereocenters. The number of alkyl halides is 16. The van der Waals surface area contributed by atoms with Crippen LogP contribution in [0.2, 0.25) is 0 Å². The summed E-state index contributed by atoms with van der Waals surface area (Å²) in [5.74, 6) is -40.7. The minimum atomic E-state index is -7.14. The standard InChI is InChI=1S/C20H16F16O11S/c21-14(22,17(27,28)19(31,32)33)9(37)43-4-12(5-44-10(38)15(23,24)18(29,30)20(34,35)36)6-45-13(46-7-12)3-1-2-8(13)47-11(39)16(25,26)48(40,41)42/h8H,1-7H2,(H,40,41,42). The first-order valence-corrected chi connectivity index (χ1v) is 13.4. The summed E-state index contributed by atoms with van der Waals surface area (Å²) < 4.78 is 261. The van der Waals surface area contributed by atoms with Crippen LogP contribution in [-0.2, 0) is 48.2 Å². The maximum absolute atomic E-state index is 13.7. The SMILES string of the molecule is O=C(OCC1(COC(=O)C(F)(F)C(F)(F)C(F)(F)F)COC2(CCCC2OC(=O)C(F)(F)S(=O)(=O)O)OC1)C(F)(F)C(F)(F)C(F)(F)F. The second-order valence-electron chi connectivity index (χ2n) is 10.1. The quantitative estimate of drug-likeness (QED) is 0.140. The fourth-order valence-corrected chi connectivity index (χ4v) is 4.03. The Hall–Kier alpha value is -2.88. The Morgan fingerprint density at radius 1 is 0.688 bits per heavy atom. The van der Waals surface area contributed by atoms with Crippen molar-refractivity contribution in [3.8, 4) is 0 Å². The Kier molecular flexibility index (Phi) is 10.7. The number of rotatable bonds is 11. The third-order valence-electron chi connectivity index (χ3n) is 6.57. The molecule has 0 amide bonds. The molecule has 0 aromatic carbocycles. The van der Waals surface area contributed by atoms with E-state index in [1.165, 1.54) is 0 Å². The monoisotopic (exact) mass is 768 g/mol. The van der Waals surface area contributed by atoms with E-state index < -0.39 is 126 Å². The van der Waals surface area contributed by atoms with Crippen molar-refractivity contribution in [2.24, 2.45) is 5.41 Å². The van der Waals surface area contributed by atoms with Gasteiger partial charge in [-0.15, -0.1) is 0 Å². The molecule has 2 aliphatic rings. The highest BCUT2D eigenvalue weighted by molar-refractivity contribution is 7.87. The number of hydrogen-bond acceptors (Lipinski definition) is 10. The highest BCUT2D eigenvalue weighted by atomic mass is 32.2. The van der Waals surface area contributed by atoms with E-state index in [1.54, 1.807) is 0 Å². The van der Waals surface area contributed by atoms with Gasteiger partial charge in [-0.1, -0.05) is 0 Å². The lowest BCUT2D eigenvalue weighted by atomic mass is 9.90. The molecule has 0 aromatic rings. The lowest BCUT2D eigenvalue weighted by Gasteiger charge is -2.46. The third kappa shape index (κ3) is 7.19. The van der Waals surface area contributed by atoms with E-state index in [2.05, 4.69) is 14.2 Å². The van der Waals surface area contributed by atoms with Crippen LogP contribution >= 0.6 is 0 Å². The third-order valence-corrected chi connectivity index (χ3v) is 7.39. The van der Waals surface area contributed by atoms with Crippen LogP contribution in [-0.4, -0.2) is 110 Å². The molecule has 1 heterocycles. The summed E-state index contributed by atoms with van der Waals surface area (Å²) in [5, 5.41) is -5.62. The number of halogens is 16. The van der Waals surface area contributed by atoms with Gasteiger partial charge in [0.2, 0.25) is 5.79 Å². The van der Waals surface area contributed by atoms with Crippen molar-refractivity contribution >= 4 is 28.0 Å². The van der Waals surface area contributed by atoms with Gasteiger partial charge in [0, 0.05) is 6.42 Å². The van der Waals surface area contributed by atoms with Crippen molar-refractivity contribution < 1.29 is 121 Å². The van der Waals surface area contributed by atoms with E-state index in [-0.39, 0.29) is 6.42 Å². The number of esters is 3. The van der Waals surface area contributed by atoms with Crippen LogP contribution in [0.25, 0.3) is 0 Å². The average molecular weight is 768 g/mol. The maximum atomic E-state index is 13.7. The second-order valence-corrected chi connectivity index (χ2v) is 11.6. The van der Waals surface area contributed by atoms with Gasteiger partial charge in [0.1, 0.15) is 13.2 Å². The van der Waals surface area contributed by atoms with Crippen LogP contribution in [0.15, 0.2) is 0 Å². The molecule has 1 saturated carbocycles. The highest BCUT2D eigenvalue weighted by Gasteiger charge is 2.78. The Labute approximate surface area is 254 Å². The zero-order chi connectivity index (χ0) is 37.8. The Morgan fingerprint density at radius 2 is 1.06 bits per heavy atom. The molecular weight excluding hydrogens is 752 g/mol. The summed E-state index contributed by atoms with van der Waals surface area (Å²) in [6.07, 6.45) is -17.7. The smallest absolute Gasteiger partial charge is 0.460 e. The normalized spacial score (nSPS) is 21.1. The zero-order valence-electron chi connectivity index (χ0n) is 22.5. The van der Waals surface area contributed by atoms with Crippen molar-refractivity contribution in [1.82, 2.24) is 0 Å². The lowest BCUT2D eigenvalue weighted by molar-refractivity contribution is -0.354. The molecule has 1 aliphatic heterocycles. The highest BCUT2D eigenvalue weighted by Crippen LogP contribution is 2.49. The van der Waals surface area contributed by atoms with Gasteiger partial charge in [-0.25, -0.2) is 14.4 Å². The Bertz CT molecular complexity index is 1300. The molecule has 2 rings (SSSR count). The fraction of sp³-hybridized carbons (Fsp3) is 0.850. The molecule has 1 atom stereocenters. The van der Waals surface area contributed by atoms with E-state index in [0.717, 1.165) is 0 Å². The molecule has 28 heteroatoms. The van der Waals surface area contributed by atoms with Crippen molar-refractivity contribution in [2.45, 2.75) is 72.5 Å². The first kappa shape index (κ1) is 41.3. The molecule has 0 radical (unpaired) electrons. The Balaban J connectivity index is 2.39. The molecule has 0 bridgehead atoms. The van der Waals surface area contributed by atoms with E-state index in [1.807, 2.05) is 0 Å². The zero-order valence-corrected chi connectivity index (χ0v) is 23.3. The summed E-state index contributed by atoms with van der Waals surface area (Å²) in [6.45, 7) is -7.35. The van der Waals surface area contributed by atoms with Crippen molar-refractivity contribution in [3.05, 3.63) is 0 Å². The maximum Gasteiger partial charge on any atom is 0.465 e. The predicted molar refractivity (Wildman–Crippen MR) is 111 cm³/mol. The lowest BCUT2D eigenvalue weighted by Crippen LogP contribution is -2.60. The summed E-state index contributed by atoms with van der Waals surface area (Å²) >= 11 is 0. The van der Waals surface area contributed by atoms with Crippen LogP contribution in [0.3, 0.4) is 0 Å². The minimum absolute atomic E-state index is 0.260. The molecule has 1 spiro atoms. The van der Waals surface area contributed by atoms with E-state index >= 15 is 0 Å². The van der Waals surface area contributed by atoms with E-state index in [9.17, 15) is 93.0 Å². The second kappa shape index (κ2) is 12.5. The molecule has 48 heavy (non-hydrogen) atoms. The van der Waals surface area contributed by atoms with Crippen LogP contribution in [0.5, 0.6) is 0 Å². The molecule has 0 aromatic heterocycles. The summed E-state index contributed by atoms with van der Waals surface area (Å²) in [5.41, 5.74) is -2.96. The van der Waals surface area contributed by atoms with Gasteiger partial charge in [0.05, 0.1) is 18.6 Å². The van der Waals surface area contributed by atoms with Gasteiger partial charge in [-0.05, 0) is 12.8 Å². The van der Waals surface area contributed by atoms with Gasteiger partial charge in [-0.2, -0.15) is 78.7 Å². The van der Waals surface area contributed by atoms with Gasteiger partial charge in [-0.3, -0.25) is 4.55 Å². The number of carbonyl (C=O) groups is 3. The molecule has 2 fully saturated rings. The first-order chi connectivity index (χ1) is 21.2.